The predicted octanol–water partition coefficient (Wildman–Crippen LogP) is 1.17. The molecule has 1 aliphatic carbocycles. The molecule has 0 heterocycles. The maximum absolute atomic E-state index is 13.7. The number of ketones is 1. The lowest BCUT2D eigenvalue weighted by Crippen LogP contribution is -2.54. The van der Waals surface area contributed by atoms with Crippen LogP contribution in [0.3, 0.4) is 0 Å². The van der Waals surface area contributed by atoms with Crippen molar-refractivity contribution in [2.75, 3.05) is 12.0 Å². The van der Waals surface area contributed by atoms with Gasteiger partial charge in [-0.3, -0.25) is 19.7 Å². The van der Waals surface area contributed by atoms with Gasteiger partial charge in [0, 0.05) is 12.3 Å². The molecule has 1 fully saturated rings. The molecule has 0 unspecified atom stereocenters. The van der Waals surface area contributed by atoms with E-state index in [1.165, 1.54) is 6.92 Å². The monoisotopic (exact) mass is 495 g/mol. The second-order valence-electron chi connectivity index (χ2n) is 8.01. The van der Waals surface area contributed by atoms with Gasteiger partial charge in [-0.1, -0.05) is 12.1 Å². The third kappa shape index (κ3) is 8.72. The minimum absolute atomic E-state index is 0.114. The Labute approximate surface area is 188 Å². The van der Waals surface area contributed by atoms with Crippen LogP contribution in [0.5, 0.6) is 0 Å². The zero-order valence-corrected chi connectivity index (χ0v) is 18.7. The van der Waals surface area contributed by atoms with Crippen LogP contribution in [0.2, 0.25) is 0 Å². The highest BCUT2D eigenvalue weighted by Gasteiger charge is 2.43. The van der Waals surface area contributed by atoms with Crippen LogP contribution >= 0.6 is 0 Å². The van der Waals surface area contributed by atoms with E-state index in [2.05, 4.69) is 16.0 Å². The molecule has 0 aliphatic heterocycles. The molecule has 0 radical (unpaired) electrons. The number of sulfone groups is 1. The molecule has 13 heteroatoms. The number of halogens is 4. The Kier molecular flexibility index (Phi) is 8.57. The van der Waals surface area contributed by atoms with Gasteiger partial charge in [-0.15, -0.1) is 0 Å². The summed E-state index contributed by atoms with van der Waals surface area (Å²) in [6.45, 7) is 1.20. The Morgan fingerprint density at radius 2 is 1.70 bits per heavy atom. The zero-order chi connectivity index (χ0) is 25.0. The molecule has 33 heavy (non-hydrogen) atoms. The summed E-state index contributed by atoms with van der Waals surface area (Å²) in [4.78, 5) is 36.7. The van der Waals surface area contributed by atoms with Gasteiger partial charge in [-0.2, -0.15) is 13.2 Å². The van der Waals surface area contributed by atoms with Crippen LogP contribution in [0.25, 0.3) is 0 Å². The first-order chi connectivity index (χ1) is 15.2. The van der Waals surface area contributed by atoms with Gasteiger partial charge < -0.3 is 10.6 Å². The number of carbonyl (C=O) groups is 3. The molecule has 0 spiro atoms. The number of hydrogen-bond acceptors (Lipinski definition) is 6. The number of rotatable bonds is 11. The van der Waals surface area contributed by atoms with Crippen LogP contribution in [-0.4, -0.2) is 62.3 Å². The van der Waals surface area contributed by atoms with E-state index in [9.17, 15) is 40.4 Å². The highest BCUT2D eigenvalue weighted by Crippen LogP contribution is 2.33. The third-order valence-corrected chi connectivity index (χ3v) is 5.86. The fraction of sp³-hybridized carbons (Fsp3) is 0.550. The van der Waals surface area contributed by atoms with E-state index in [4.69, 9.17) is 0 Å². The summed E-state index contributed by atoms with van der Waals surface area (Å²) in [5.41, 5.74) is -0.394. The van der Waals surface area contributed by atoms with Crippen molar-refractivity contribution in [1.82, 2.24) is 16.0 Å². The number of alkyl halides is 3. The Morgan fingerprint density at radius 1 is 1.12 bits per heavy atom. The van der Waals surface area contributed by atoms with Gasteiger partial charge in [0.05, 0.1) is 17.8 Å². The van der Waals surface area contributed by atoms with Crippen molar-refractivity contribution in [3.8, 4) is 0 Å². The summed E-state index contributed by atoms with van der Waals surface area (Å²) >= 11 is 0. The fourth-order valence-electron chi connectivity index (χ4n) is 2.92. The van der Waals surface area contributed by atoms with E-state index < -0.39 is 75.3 Å². The fourth-order valence-corrected chi connectivity index (χ4v) is 3.58. The third-order valence-electron chi connectivity index (χ3n) is 4.88. The van der Waals surface area contributed by atoms with E-state index in [-0.39, 0.29) is 6.04 Å². The van der Waals surface area contributed by atoms with Gasteiger partial charge in [0.15, 0.2) is 0 Å². The van der Waals surface area contributed by atoms with Crippen molar-refractivity contribution in [3.05, 3.63) is 35.6 Å². The quantitative estimate of drug-likeness (QED) is 0.313. The number of amides is 2. The number of nitrogens with one attached hydrogen (secondary N) is 3. The van der Waals surface area contributed by atoms with Crippen LogP contribution in [-0.2, 0) is 24.2 Å². The van der Waals surface area contributed by atoms with E-state index in [1.807, 2.05) is 0 Å². The first kappa shape index (κ1) is 26.7. The van der Waals surface area contributed by atoms with Crippen molar-refractivity contribution in [2.24, 2.45) is 0 Å². The van der Waals surface area contributed by atoms with E-state index in [0.717, 1.165) is 43.4 Å². The Bertz CT molecular complexity index is 978. The van der Waals surface area contributed by atoms with Gasteiger partial charge in [-0.05, 0) is 43.9 Å². The number of carbonyl (C=O) groups excluding carboxylic acids is 3. The molecule has 3 atom stereocenters. The SMILES string of the molecule is C[C@H](NC(=O)[C@H](CCS(C)(=O)=O)N[C@@H](c1ccc(F)cc1)C(F)(F)F)C(=O)C(=O)NC1CC1. The zero-order valence-electron chi connectivity index (χ0n) is 17.9. The smallest absolute Gasteiger partial charge is 0.347 e. The molecule has 1 saturated carbocycles. The van der Waals surface area contributed by atoms with Gasteiger partial charge >= 0.3 is 6.18 Å². The summed E-state index contributed by atoms with van der Waals surface area (Å²) in [6, 6.07) is -2.15. The molecule has 2 rings (SSSR count). The summed E-state index contributed by atoms with van der Waals surface area (Å²) in [7, 11) is -3.64. The average molecular weight is 495 g/mol. The summed E-state index contributed by atoms with van der Waals surface area (Å²) in [5.74, 6) is -4.37. The molecule has 3 N–H and O–H groups in total. The van der Waals surface area contributed by atoms with Crippen molar-refractivity contribution >= 4 is 27.4 Å². The normalized spacial score (nSPS) is 17.0. The minimum Gasteiger partial charge on any atom is -0.347 e. The number of benzene rings is 1. The lowest BCUT2D eigenvalue weighted by molar-refractivity contribution is -0.161. The molecular formula is C20H25F4N3O5S. The van der Waals surface area contributed by atoms with Crippen LogP contribution in [0.15, 0.2) is 24.3 Å². The number of hydrogen-bond donors (Lipinski definition) is 3. The van der Waals surface area contributed by atoms with Crippen LogP contribution in [0.4, 0.5) is 17.6 Å². The van der Waals surface area contributed by atoms with E-state index >= 15 is 0 Å². The molecule has 0 saturated heterocycles. The highest BCUT2D eigenvalue weighted by atomic mass is 32.2. The van der Waals surface area contributed by atoms with Gasteiger partial charge in [0.2, 0.25) is 11.7 Å². The molecule has 2 amide bonds. The molecular weight excluding hydrogens is 470 g/mol. The minimum atomic E-state index is -4.91. The maximum atomic E-state index is 13.7. The second-order valence-corrected chi connectivity index (χ2v) is 10.3. The summed E-state index contributed by atoms with van der Waals surface area (Å²) < 4.78 is 77.4. The van der Waals surface area contributed by atoms with Crippen molar-refractivity contribution in [3.63, 3.8) is 0 Å². The summed E-state index contributed by atoms with van der Waals surface area (Å²) in [6.07, 6.45) is -3.14. The molecule has 0 aromatic heterocycles. The van der Waals surface area contributed by atoms with Gasteiger partial charge in [0.25, 0.3) is 5.91 Å². The van der Waals surface area contributed by atoms with E-state index in [0.29, 0.717) is 0 Å². The first-order valence-corrected chi connectivity index (χ1v) is 12.1. The largest absolute Gasteiger partial charge is 0.407 e. The van der Waals surface area contributed by atoms with Gasteiger partial charge in [0.1, 0.15) is 21.7 Å². The predicted molar refractivity (Wildman–Crippen MR) is 110 cm³/mol. The second kappa shape index (κ2) is 10.6. The summed E-state index contributed by atoms with van der Waals surface area (Å²) in [5, 5.41) is 6.70. The topological polar surface area (TPSA) is 121 Å². The van der Waals surface area contributed by atoms with Crippen molar-refractivity contribution < 1.29 is 40.4 Å². The Balaban J connectivity index is 2.20. The lowest BCUT2D eigenvalue weighted by atomic mass is 10.0. The molecule has 8 nitrogen and oxygen atoms in total. The maximum Gasteiger partial charge on any atom is 0.407 e. The molecule has 1 aliphatic rings. The molecule has 0 bridgehead atoms. The lowest BCUT2D eigenvalue weighted by Gasteiger charge is -2.28. The van der Waals surface area contributed by atoms with Crippen molar-refractivity contribution in [2.45, 2.75) is 56.5 Å². The highest BCUT2D eigenvalue weighted by molar-refractivity contribution is 7.90. The van der Waals surface area contributed by atoms with E-state index in [1.54, 1.807) is 0 Å². The first-order valence-electron chi connectivity index (χ1n) is 10.1. The van der Waals surface area contributed by atoms with Crippen LogP contribution in [0, 0.1) is 5.82 Å². The van der Waals surface area contributed by atoms with Crippen LogP contribution < -0.4 is 16.0 Å². The Hall–Kier alpha value is -2.54. The Morgan fingerprint density at radius 3 is 2.18 bits per heavy atom. The molecule has 1 aromatic carbocycles. The molecule has 184 valence electrons. The van der Waals surface area contributed by atoms with Crippen LogP contribution in [0.1, 0.15) is 37.8 Å². The van der Waals surface area contributed by atoms with Gasteiger partial charge in [-0.25, -0.2) is 12.8 Å². The molecule has 1 aromatic rings. The standard InChI is InChI=1S/C20H25F4N3O5S/c1-11(16(28)19(30)26-14-7-8-14)25-18(29)15(9-10-33(2,31)32)27-17(20(22,23)24)12-3-5-13(21)6-4-12/h3-6,11,14-15,17,27H,7-10H2,1-2H3,(H,25,29)(H,26,30)/t11-,15-,17-/m0/s1. The van der Waals surface area contributed by atoms with Crippen molar-refractivity contribution in [1.29, 1.82) is 0 Å². The average Bonchev–Trinajstić information content (AvgIpc) is 3.50. The number of Topliss-reactive ketones (excluding diaryl/α,β-unsaturated/α-hetero) is 1.